The molecule has 2 aliphatic rings. The van der Waals surface area contributed by atoms with Crippen LogP contribution in [-0.2, 0) is 4.74 Å². The summed E-state index contributed by atoms with van der Waals surface area (Å²) in [5.74, 6) is 2.06. The van der Waals surface area contributed by atoms with Crippen molar-refractivity contribution in [2.24, 2.45) is 0 Å². The van der Waals surface area contributed by atoms with E-state index in [-0.39, 0.29) is 24.8 Å². The van der Waals surface area contributed by atoms with Crippen LogP contribution in [0.3, 0.4) is 0 Å². The van der Waals surface area contributed by atoms with Crippen molar-refractivity contribution in [2.75, 3.05) is 27.1 Å². The van der Waals surface area contributed by atoms with Gasteiger partial charge in [-0.1, -0.05) is 12.1 Å². The average molecular weight is 355 g/mol. The summed E-state index contributed by atoms with van der Waals surface area (Å²) >= 11 is 0. The van der Waals surface area contributed by atoms with Gasteiger partial charge in [0, 0.05) is 5.56 Å². The van der Waals surface area contributed by atoms with Crippen LogP contribution in [0.2, 0.25) is 0 Å². The van der Waals surface area contributed by atoms with Crippen molar-refractivity contribution in [1.29, 1.82) is 0 Å². The number of carbonyl (C=O) groups is 1. The molecule has 0 aromatic heterocycles. The van der Waals surface area contributed by atoms with Crippen molar-refractivity contribution in [3.63, 3.8) is 0 Å². The first kappa shape index (κ1) is 16.7. The Morgan fingerprint density at radius 3 is 2.65 bits per heavy atom. The zero-order chi connectivity index (χ0) is 18.1. The lowest BCUT2D eigenvalue weighted by molar-refractivity contribution is -0.0486. The summed E-state index contributed by atoms with van der Waals surface area (Å²) in [7, 11) is 1.64. The summed E-state index contributed by atoms with van der Waals surface area (Å²) in [6.45, 7) is 3.18. The lowest BCUT2D eigenvalue weighted by Gasteiger charge is -2.38. The lowest BCUT2D eigenvalue weighted by atomic mass is 10.0. The smallest absolute Gasteiger partial charge is 0.254 e. The molecule has 0 saturated carbocycles. The van der Waals surface area contributed by atoms with Crippen LogP contribution in [0.5, 0.6) is 17.2 Å². The Morgan fingerprint density at radius 1 is 1.12 bits per heavy atom. The SMILES string of the molecule is COc1ccc(C2CN(C(=O)c3ccc4c(c3)OCO4)C(C)CO2)cc1. The third-order valence-corrected chi connectivity index (χ3v) is 4.80. The molecule has 4 rings (SSSR count). The van der Waals surface area contributed by atoms with Gasteiger partial charge in [-0.25, -0.2) is 0 Å². The molecule has 2 aromatic rings. The molecule has 0 bridgehead atoms. The number of hydrogen-bond acceptors (Lipinski definition) is 5. The van der Waals surface area contributed by atoms with E-state index in [4.69, 9.17) is 18.9 Å². The molecular weight excluding hydrogens is 334 g/mol. The van der Waals surface area contributed by atoms with Gasteiger partial charge in [0.1, 0.15) is 11.9 Å². The van der Waals surface area contributed by atoms with Crippen LogP contribution in [0.4, 0.5) is 0 Å². The van der Waals surface area contributed by atoms with Gasteiger partial charge in [0.2, 0.25) is 6.79 Å². The standard InChI is InChI=1S/C20H21NO5/c1-13-11-24-19(14-3-6-16(23-2)7-4-14)10-21(13)20(22)15-5-8-17-18(9-15)26-12-25-17/h3-9,13,19H,10-12H2,1-2H3. The second-order valence-electron chi connectivity index (χ2n) is 6.47. The Hall–Kier alpha value is -2.73. The number of fused-ring (bicyclic) bond motifs is 1. The summed E-state index contributed by atoms with van der Waals surface area (Å²) in [5, 5.41) is 0. The van der Waals surface area contributed by atoms with Gasteiger partial charge in [-0.3, -0.25) is 4.79 Å². The van der Waals surface area contributed by atoms with E-state index >= 15 is 0 Å². The fraction of sp³-hybridized carbons (Fsp3) is 0.350. The summed E-state index contributed by atoms with van der Waals surface area (Å²) in [6.07, 6.45) is -0.157. The van der Waals surface area contributed by atoms with E-state index in [9.17, 15) is 4.79 Å². The molecule has 2 heterocycles. The quantitative estimate of drug-likeness (QED) is 0.847. The van der Waals surface area contributed by atoms with E-state index in [1.165, 1.54) is 0 Å². The molecule has 0 spiro atoms. The van der Waals surface area contributed by atoms with Gasteiger partial charge >= 0.3 is 0 Å². The maximum absolute atomic E-state index is 13.0. The first-order valence-corrected chi connectivity index (χ1v) is 8.62. The molecule has 2 unspecified atom stereocenters. The monoisotopic (exact) mass is 355 g/mol. The van der Waals surface area contributed by atoms with Crippen molar-refractivity contribution in [3.8, 4) is 17.2 Å². The average Bonchev–Trinajstić information content (AvgIpc) is 3.16. The molecule has 1 amide bonds. The predicted molar refractivity (Wildman–Crippen MR) is 94.8 cm³/mol. The Bertz CT molecular complexity index is 804. The minimum absolute atomic E-state index is 0.00224. The number of hydrogen-bond donors (Lipinski definition) is 0. The second-order valence-corrected chi connectivity index (χ2v) is 6.47. The van der Waals surface area contributed by atoms with E-state index < -0.39 is 0 Å². The first-order valence-electron chi connectivity index (χ1n) is 8.62. The molecule has 0 radical (unpaired) electrons. The molecule has 26 heavy (non-hydrogen) atoms. The molecule has 136 valence electrons. The molecular formula is C20H21NO5. The van der Waals surface area contributed by atoms with Gasteiger partial charge in [-0.15, -0.1) is 0 Å². The van der Waals surface area contributed by atoms with Crippen LogP contribution in [0.1, 0.15) is 28.9 Å². The van der Waals surface area contributed by atoms with Crippen molar-refractivity contribution < 1.29 is 23.7 Å². The van der Waals surface area contributed by atoms with E-state index in [2.05, 4.69) is 0 Å². The summed E-state index contributed by atoms with van der Waals surface area (Å²) in [4.78, 5) is 14.9. The maximum atomic E-state index is 13.0. The molecule has 6 nitrogen and oxygen atoms in total. The van der Waals surface area contributed by atoms with E-state index in [0.717, 1.165) is 11.3 Å². The molecule has 2 atom stereocenters. The number of amides is 1. The number of methoxy groups -OCH3 is 1. The van der Waals surface area contributed by atoms with E-state index in [1.807, 2.05) is 36.1 Å². The van der Waals surface area contributed by atoms with Crippen LogP contribution in [0, 0.1) is 0 Å². The molecule has 1 saturated heterocycles. The van der Waals surface area contributed by atoms with Crippen molar-refractivity contribution >= 4 is 5.91 Å². The number of morpholine rings is 1. The highest BCUT2D eigenvalue weighted by Crippen LogP contribution is 2.34. The Balaban J connectivity index is 1.53. The third kappa shape index (κ3) is 3.08. The maximum Gasteiger partial charge on any atom is 0.254 e. The molecule has 6 heteroatoms. The van der Waals surface area contributed by atoms with Gasteiger partial charge in [0.15, 0.2) is 11.5 Å². The first-order chi connectivity index (χ1) is 12.7. The molecule has 0 N–H and O–H groups in total. The molecule has 2 aromatic carbocycles. The van der Waals surface area contributed by atoms with Gasteiger partial charge < -0.3 is 23.8 Å². The van der Waals surface area contributed by atoms with E-state index in [1.54, 1.807) is 25.3 Å². The van der Waals surface area contributed by atoms with Crippen LogP contribution in [0.15, 0.2) is 42.5 Å². The highest BCUT2D eigenvalue weighted by Gasteiger charge is 2.31. The Kier molecular flexibility index (Phi) is 4.42. The van der Waals surface area contributed by atoms with Crippen molar-refractivity contribution in [2.45, 2.75) is 19.1 Å². The minimum atomic E-state index is -0.157. The fourth-order valence-electron chi connectivity index (χ4n) is 3.26. The summed E-state index contributed by atoms with van der Waals surface area (Å²) in [5.41, 5.74) is 1.62. The Morgan fingerprint density at radius 2 is 1.88 bits per heavy atom. The van der Waals surface area contributed by atoms with Gasteiger partial charge in [-0.2, -0.15) is 0 Å². The predicted octanol–water partition coefficient (Wildman–Crippen LogP) is 3.03. The summed E-state index contributed by atoms with van der Waals surface area (Å²) in [6, 6.07) is 13.1. The number of rotatable bonds is 3. The highest BCUT2D eigenvalue weighted by atomic mass is 16.7. The van der Waals surface area contributed by atoms with Crippen LogP contribution in [0.25, 0.3) is 0 Å². The lowest BCUT2D eigenvalue weighted by Crippen LogP contribution is -2.48. The van der Waals surface area contributed by atoms with Gasteiger partial charge in [0.25, 0.3) is 5.91 Å². The molecule has 0 aliphatic carbocycles. The number of carbonyl (C=O) groups excluding carboxylic acids is 1. The van der Waals surface area contributed by atoms with Crippen molar-refractivity contribution in [3.05, 3.63) is 53.6 Å². The van der Waals surface area contributed by atoms with Gasteiger partial charge in [-0.05, 0) is 42.8 Å². The zero-order valence-electron chi connectivity index (χ0n) is 14.8. The second kappa shape index (κ2) is 6.88. The normalized spacial score (nSPS) is 21.5. The van der Waals surface area contributed by atoms with Crippen LogP contribution < -0.4 is 14.2 Å². The van der Waals surface area contributed by atoms with Crippen LogP contribution >= 0.6 is 0 Å². The Labute approximate surface area is 152 Å². The highest BCUT2D eigenvalue weighted by molar-refractivity contribution is 5.95. The molecule has 1 fully saturated rings. The zero-order valence-corrected chi connectivity index (χ0v) is 14.8. The van der Waals surface area contributed by atoms with Crippen molar-refractivity contribution in [1.82, 2.24) is 4.90 Å². The number of ether oxygens (including phenoxy) is 4. The van der Waals surface area contributed by atoms with E-state index in [0.29, 0.717) is 30.2 Å². The van der Waals surface area contributed by atoms with Crippen LogP contribution in [-0.4, -0.2) is 43.9 Å². The largest absolute Gasteiger partial charge is 0.497 e. The third-order valence-electron chi connectivity index (χ3n) is 4.80. The molecule has 2 aliphatic heterocycles. The number of nitrogens with zero attached hydrogens (tertiary/aromatic N) is 1. The minimum Gasteiger partial charge on any atom is -0.497 e. The summed E-state index contributed by atoms with van der Waals surface area (Å²) < 4.78 is 21.9. The van der Waals surface area contributed by atoms with Gasteiger partial charge in [0.05, 0.1) is 26.3 Å². The fourth-order valence-corrected chi connectivity index (χ4v) is 3.26. The number of benzene rings is 2. The topological polar surface area (TPSA) is 57.2 Å².